The average molecular weight is 572 g/mol. The monoisotopic (exact) mass is 571 g/mol. The van der Waals surface area contributed by atoms with Gasteiger partial charge in [-0.3, -0.25) is 0 Å². The van der Waals surface area contributed by atoms with Gasteiger partial charge in [0.1, 0.15) is 5.82 Å². The normalized spacial score (nSPS) is 14.7. The van der Waals surface area contributed by atoms with Crippen LogP contribution in [0.4, 0.5) is 17.2 Å². The highest BCUT2D eigenvalue weighted by Crippen LogP contribution is 2.38. The summed E-state index contributed by atoms with van der Waals surface area (Å²) in [6.07, 6.45) is 9.15. The number of anilines is 3. The van der Waals surface area contributed by atoms with E-state index in [-0.39, 0.29) is 13.3 Å². The van der Waals surface area contributed by atoms with Crippen LogP contribution in [0.1, 0.15) is 99.1 Å². The number of likely N-dealkylation sites (N-methyl/N-ethyl adjacent to an activating group) is 1. The fraction of sp³-hybridized carbons (Fsp3) is 0.432. The minimum absolute atomic E-state index is 0. The summed E-state index contributed by atoms with van der Waals surface area (Å²) in [5.41, 5.74) is 16.2. The van der Waals surface area contributed by atoms with E-state index in [1.807, 2.05) is 32.2 Å². The number of nitrogens with two attached hydrogens (primary N) is 1. The van der Waals surface area contributed by atoms with E-state index >= 15 is 0 Å². The number of pyridine rings is 1. The van der Waals surface area contributed by atoms with Crippen LogP contribution in [0, 0.1) is 6.92 Å². The van der Waals surface area contributed by atoms with Gasteiger partial charge in [-0.2, -0.15) is 0 Å². The van der Waals surface area contributed by atoms with Crippen molar-refractivity contribution in [2.24, 2.45) is 0 Å². The zero-order chi connectivity index (χ0) is 30.2. The van der Waals surface area contributed by atoms with Gasteiger partial charge in [0.15, 0.2) is 0 Å². The number of allylic oxidation sites excluding steroid dienone is 1. The lowest BCUT2D eigenvalue weighted by molar-refractivity contribution is 0.548. The summed E-state index contributed by atoms with van der Waals surface area (Å²) >= 11 is 0. The average Bonchev–Trinajstić information content (AvgIpc) is 3.04. The Morgan fingerprint density at radius 3 is 2.57 bits per heavy atom. The van der Waals surface area contributed by atoms with Crippen LogP contribution < -0.4 is 21.7 Å². The number of nitrogen functional groups attached to an aromatic ring is 1. The molecule has 0 fully saturated rings. The van der Waals surface area contributed by atoms with E-state index in [2.05, 4.69) is 98.0 Å². The van der Waals surface area contributed by atoms with Gasteiger partial charge in [-0.15, -0.1) is 19.7 Å². The van der Waals surface area contributed by atoms with Gasteiger partial charge < -0.3 is 21.7 Å². The molecule has 0 spiro atoms. The highest BCUT2D eigenvalue weighted by molar-refractivity contribution is 5.72. The Hall–Kier alpha value is -3.57. The molecule has 0 saturated carbocycles. The fourth-order valence-electron chi connectivity index (χ4n) is 5.75. The van der Waals surface area contributed by atoms with E-state index in [9.17, 15) is 0 Å². The third-order valence-electron chi connectivity index (χ3n) is 7.71. The number of nitrogens with zero attached hydrogens (tertiary/aromatic N) is 1. The first-order chi connectivity index (χ1) is 20.1. The van der Waals surface area contributed by atoms with Gasteiger partial charge in [0.25, 0.3) is 0 Å². The molecule has 42 heavy (non-hydrogen) atoms. The molecule has 5 heteroatoms. The Morgan fingerprint density at radius 1 is 1.12 bits per heavy atom. The molecule has 0 aliphatic carbocycles. The van der Waals surface area contributed by atoms with Crippen molar-refractivity contribution in [2.45, 2.75) is 79.1 Å². The summed E-state index contributed by atoms with van der Waals surface area (Å²) in [7, 11) is 2.06. The van der Waals surface area contributed by atoms with Crippen molar-refractivity contribution in [3.63, 3.8) is 0 Å². The molecule has 0 bridgehead atoms. The van der Waals surface area contributed by atoms with Crippen LogP contribution in [0.5, 0.6) is 0 Å². The van der Waals surface area contributed by atoms with Gasteiger partial charge in [0, 0.05) is 38.2 Å². The Morgan fingerprint density at radius 2 is 1.88 bits per heavy atom. The molecule has 0 amide bonds. The van der Waals surface area contributed by atoms with E-state index in [4.69, 9.17) is 5.73 Å². The predicted molar refractivity (Wildman–Crippen MR) is 188 cm³/mol. The molecule has 2 aromatic carbocycles. The van der Waals surface area contributed by atoms with Gasteiger partial charge >= 0.3 is 0 Å². The molecule has 5 N–H and O–H groups in total. The molecule has 1 aliphatic heterocycles. The molecule has 0 saturated heterocycles. The predicted octanol–water partition coefficient (Wildman–Crippen LogP) is 9.07. The number of nitrogens with one attached hydrogen (secondary N) is 3. The summed E-state index contributed by atoms with van der Waals surface area (Å²) in [6, 6.07) is 15.8. The molecule has 1 aromatic heterocycles. The highest BCUT2D eigenvalue weighted by Gasteiger charge is 2.22. The van der Waals surface area contributed by atoms with Crippen LogP contribution in [0.2, 0.25) is 0 Å². The third kappa shape index (κ3) is 9.22. The first-order valence-corrected chi connectivity index (χ1v) is 15.3. The number of benzene rings is 2. The lowest BCUT2D eigenvalue weighted by Gasteiger charge is -2.25. The number of rotatable bonds is 8. The van der Waals surface area contributed by atoms with Gasteiger partial charge in [-0.05, 0) is 91.6 Å². The van der Waals surface area contributed by atoms with E-state index in [1.165, 1.54) is 40.7 Å². The quantitative estimate of drug-likeness (QED) is 0.160. The van der Waals surface area contributed by atoms with E-state index in [0.717, 1.165) is 61.7 Å². The van der Waals surface area contributed by atoms with Crippen molar-refractivity contribution in [1.29, 1.82) is 0 Å². The molecular weight excluding hydrogens is 514 g/mol. The zero-order valence-electron chi connectivity index (χ0n) is 26.2. The molecule has 3 aromatic rings. The molecule has 230 valence electrons. The van der Waals surface area contributed by atoms with Crippen molar-refractivity contribution < 1.29 is 0 Å². The lowest BCUT2D eigenvalue weighted by atomic mass is 9.81. The standard InChI is InChI=1S/C32H43N5.C2H6.C2H4.CH4/c1-5-10-29(27-15-16-30(35-6-2)31(33)22(27)3)23-13-14-28-25(21-34-4)11-7-8-17-36-32-24(12-9-18-37-32)20-26(28)19-23;2*1-2;/h5,9,12-16,18-19,25,29,34-35H,1,6-8,10-11,17,20-21,33H2,2-4H3,(H,36,37);1-2H3;1-2H2;1H4. The smallest absolute Gasteiger partial charge is 0.129 e. The van der Waals surface area contributed by atoms with Gasteiger partial charge in [-0.1, -0.05) is 64.1 Å². The van der Waals surface area contributed by atoms with Crippen molar-refractivity contribution in [1.82, 2.24) is 10.3 Å². The van der Waals surface area contributed by atoms with Gasteiger partial charge in [0.2, 0.25) is 0 Å². The number of aromatic nitrogens is 1. The molecule has 2 unspecified atom stereocenters. The maximum Gasteiger partial charge on any atom is 0.129 e. The highest BCUT2D eigenvalue weighted by atomic mass is 15.0. The largest absolute Gasteiger partial charge is 0.397 e. The number of hydrogen-bond donors (Lipinski definition) is 4. The van der Waals surface area contributed by atoms with Crippen LogP contribution in [0.25, 0.3) is 0 Å². The van der Waals surface area contributed by atoms with E-state index in [1.54, 1.807) is 0 Å². The minimum atomic E-state index is 0. The van der Waals surface area contributed by atoms with Crippen molar-refractivity contribution >= 4 is 17.2 Å². The number of hydrogen-bond acceptors (Lipinski definition) is 5. The van der Waals surface area contributed by atoms with Crippen LogP contribution >= 0.6 is 0 Å². The summed E-state index contributed by atoms with van der Waals surface area (Å²) in [4.78, 5) is 4.67. The topological polar surface area (TPSA) is 75.0 Å². The second-order valence-corrected chi connectivity index (χ2v) is 10.2. The molecule has 0 radical (unpaired) electrons. The van der Waals surface area contributed by atoms with Crippen LogP contribution in [-0.4, -0.2) is 31.7 Å². The summed E-state index contributed by atoms with van der Waals surface area (Å²) in [5, 5.41) is 10.4. The Labute approximate surface area is 257 Å². The first kappa shape index (κ1) is 36.5. The summed E-state index contributed by atoms with van der Waals surface area (Å²) < 4.78 is 0. The van der Waals surface area contributed by atoms with E-state index < -0.39 is 0 Å². The first-order valence-electron chi connectivity index (χ1n) is 15.3. The van der Waals surface area contributed by atoms with Crippen LogP contribution in [-0.2, 0) is 6.42 Å². The maximum absolute atomic E-state index is 6.57. The van der Waals surface area contributed by atoms with Crippen LogP contribution in [0.3, 0.4) is 0 Å². The molecule has 4 rings (SSSR count). The molecular formula is C37H57N5. The number of fused-ring (bicyclic) bond motifs is 2. The Kier molecular flexibility index (Phi) is 17.0. The molecule has 1 aliphatic rings. The molecule has 2 atom stereocenters. The third-order valence-corrected chi connectivity index (χ3v) is 7.71. The second-order valence-electron chi connectivity index (χ2n) is 10.2. The summed E-state index contributed by atoms with van der Waals surface area (Å²) in [6.45, 7) is 21.1. The minimum Gasteiger partial charge on any atom is -0.397 e. The van der Waals surface area contributed by atoms with E-state index in [0.29, 0.717) is 5.92 Å². The summed E-state index contributed by atoms with van der Waals surface area (Å²) in [5.74, 6) is 1.70. The molecule has 2 heterocycles. The van der Waals surface area contributed by atoms with Crippen molar-refractivity contribution in [3.05, 3.63) is 108 Å². The Balaban J connectivity index is 0.00000169. The lowest BCUT2D eigenvalue weighted by Crippen LogP contribution is -2.19. The van der Waals surface area contributed by atoms with Crippen molar-refractivity contribution in [3.8, 4) is 0 Å². The SMILES string of the molecule is C.C=C.C=CCC(c1ccc2c(c1)Cc1cccnc1NCCCCC2CNC)c1ccc(NCC)c(N)c1C.CC. The van der Waals surface area contributed by atoms with Crippen molar-refractivity contribution in [2.75, 3.05) is 43.0 Å². The zero-order valence-corrected chi connectivity index (χ0v) is 26.2. The maximum atomic E-state index is 6.57. The van der Waals surface area contributed by atoms with Gasteiger partial charge in [0.05, 0.1) is 11.4 Å². The van der Waals surface area contributed by atoms with Gasteiger partial charge in [-0.25, -0.2) is 4.98 Å². The van der Waals surface area contributed by atoms with Crippen LogP contribution in [0.15, 0.2) is 74.5 Å². The fourth-order valence-corrected chi connectivity index (χ4v) is 5.75. The molecule has 5 nitrogen and oxygen atoms in total. The second kappa shape index (κ2) is 19.5. The Bertz CT molecular complexity index is 1220.